The van der Waals surface area contributed by atoms with Gasteiger partial charge in [-0.05, 0) is 42.0 Å². The normalized spacial score (nSPS) is 11.3. The molecule has 0 aliphatic heterocycles. The van der Waals surface area contributed by atoms with Gasteiger partial charge in [-0.3, -0.25) is 4.72 Å². The van der Waals surface area contributed by atoms with E-state index in [1.54, 1.807) is 18.2 Å². The Morgan fingerprint density at radius 2 is 1.67 bits per heavy atom. The van der Waals surface area contributed by atoms with Crippen LogP contribution in [0.5, 0.6) is 0 Å². The predicted molar refractivity (Wildman–Crippen MR) is 87.3 cm³/mol. The monoisotopic (exact) mass is 347 g/mol. The van der Waals surface area contributed by atoms with Gasteiger partial charge < -0.3 is 10.2 Å². The van der Waals surface area contributed by atoms with Crippen molar-refractivity contribution in [1.82, 2.24) is 0 Å². The van der Waals surface area contributed by atoms with Crippen molar-refractivity contribution >= 4 is 33.7 Å². The molecule has 8 heteroatoms. The third kappa shape index (κ3) is 4.43. The minimum Gasteiger partial charge on any atom is -0.478 e. The summed E-state index contributed by atoms with van der Waals surface area (Å²) in [4.78, 5) is 21.8. The summed E-state index contributed by atoms with van der Waals surface area (Å²) in [5.74, 6) is -2.47. The van der Waals surface area contributed by atoms with E-state index in [1.165, 1.54) is 30.3 Å². The van der Waals surface area contributed by atoms with Crippen molar-refractivity contribution in [3.63, 3.8) is 0 Å². The maximum absolute atomic E-state index is 12.3. The molecule has 2 aromatic rings. The quantitative estimate of drug-likeness (QED) is 0.689. The second kappa shape index (κ2) is 6.97. The van der Waals surface area contributed by atoms with Gasteiger partial charge in [0.2, 0.25) is 0 Å². The highest BCUT2D eigenvalue weighted by Gasteiger charge is 2.15. The number of hydrogen-bond acceptors (Lipinski definition) is 4. The van der Waals surface area contributed by atoms with Crippen molar-refractivity contribution < 1.29 is 28.2 Å². The molecule has 0 bridgehead atoms. The van der Waals surface area contributed by atoms with Crippen molar-refractivity contribution in [2.45, 2.75) is 4.90 Å². The molecule has 0 atom stereocenters. The number of rotatable bonds is 6. The number of carbonyl (C=O) groups is 2. The van der Waals surface area contributed by atoms with E-state index in [9.17, 15) is 18.0 Å². The first-order chi connectivity index (χ1) is 11.3. The van der Waals surface area contributed by atoms with Gasteiger partial charge in [-0.2, -0.15) is 0 Å². The zero-order chi connectivity index (χ0) is 17.7. The minimum absolute atomic E-state index is 0.0174. The van der Waals surface area contributed by atoms with Crippen LogP contribution in [0, 0.1) is 0 Å². The van der Waals surface area contributed by atoms with Crippen LogP contribution in [0.4, 0.5) is 5.69 Å². The molecule has 2 rings (SSSR count). The molecule has 0 heterocycles. The standard InChI is InChI=1S/C16H13NO6S/c18-15(19)7-6-11-8-12(16(20)21)10-13(9-11)17-24(22,23)14-4-2-1-3-5-14/h1-10,17H,(H,18,19)(H,20,21)/b7-6+. The van der Waals surface area contributed by atoms with E-state index >= 15 is 0 Å². The maximum atomic E-state index is 12.3. The third-order valence-corrected chi connectivity index (χ3v) is 4.32. The van der Waals surface area contributed by atoms with Crippen molar-refractivity contribution in [3.8, 4) is 0 Å². The molecular formula is C16H13NO6S. The molecule has 0 unspecified atom stereocenters. The zero-order valence-corrected chi connectivity index (χ0v) is 13.0. The molecule has 0 saturated heterocycles. The lowest BCUT2D eigenvalue weighted by Gasteiger charge is -2.10. The molecule has 7 nitrogen and oxygen atoms in total. The van der Waals surface area contributed by atoms with Crippen LogP contribution in [0.2, 0.25) is 0 Å². The number of aliphatic carboxylic acids is 1. The fourth-order valence-corrected chi connectivity index (χ4v) is 2.97. The van der Waals surface area contributed by atoms with Gasteiger partial charge in [-0.15, -0.1) is 0 Å². The summed E-state index contributed by atoms with van der Waals surface area (Å²) in [6, 6.07) is 11.3. The summed E-state index contributed by atoms with van der Waals surface area (Å²) < 4.78 is 26.9. The van der Waals surface area contributed by atoms with Crippen LogP contribution in [0.3, 0.4) is 0 Å². The molecule has 0 saturated carbocycles. The van der Waals surface area contributed by atoms with E-state index in [4.69, 9.17) is 10.2 Å². The Kier molecular flexibility index (Phi) is 5.00. The van der Waals surface area contributed by atoms with Gasteiger partial charge in [0.25, 0.3) is 10.0 Å². The van der Waals surface area contributed by atoms with Crippen molar-refractivity contribution in [1.29, 1.82) is 0 Å². The largest absolute Gasteiger partial charge is 0.478 e. The van der Waals surface area contributed by atoms with Crippen LogP contribution in [-0.2, 0) is 14.8 Å². The number of sulfonamides is 1. The fraction of sp³-hybridized carbons (Fsp3) is 0. The Labute approximate surface area is 137 Å². The molecule has 0 aliphatic rings. The lowest BCUT2D eigenvalue weighted by Crippen LogP contribution is -2.13. The van der Waals surface area contributed by atoms with Gasteiger partial charge >= 0.3 is 11.9 Å². The molecule has 0 spiro atoms. The van der Waals surface area contributed by atoms with Crippen LogP contribution in [0.25, 0.3) is 6.08 Å². The van der Waals surface area contributed by atoms with Gasteiger partial charge in [0.15, 0.2) is 0 Å². The highest BCUT2D eigenvalue weighted by molar-refractivity contribution is 7.92. The van der Waals surface area contributed by atoms with Gasteiger partial charge in [0.05, 0.1) is 16.1 Å². The second-order valence-electron chi connectivity index (χ2n) is 4.74. The number of carboxylic acid groups (broad SMARTS) is 2. The molecular weight excluding hydrogens is 334 g/mol. The van der Waals surface area contributed by atoms with E-state index in [0.717, 1.165) is 12.1 Å². The van der Waals surface area contributed by atoms with Gasteiger partial charge in [0.1, 0.15) is 0 Å². The summed E-state index contributed by atoms with van der Waals surface area (Å²) in [5.41, 5.74) is 0.0835. The van der Waals surface area contributed by atoms with E-state index in [-0.39, 0.29) is 21.7 Å². The van der Waals surface area contributed by atoms with Crippen LogP contribution in [-0.4, -0.2) is 30.6 Å². The number of aromatic carboxylic acids is 1. The number of anilines is 1. The molecule has 24 heavy (non-hydrogen) atoms. The van der Waals surface area contributed by atoms with Crippen molar-refractivity contribution in [3.05, 3.63) is 65.7 Å². The van der Waals surface area contributed by atoms with E-state index in [0.29, 0.717) is 0 Å². The van der Waals surface area contributed by atoms with E-state index < -0.39 is 22.0 Å². The number of hydrogen-bond donors (Lipinski definition) is 3. The molecule has 2 aromatic carbocycles. The summed E-state index contributed by atoms with van der Waals surface area (Å²) in [6.45, 7) is 0. The Bertz CT molecular complexity index is 903. The van der Waals surface area contributed by atoms with Crippen molar-refractivity contribution in [2.24, 2.45) is 0 Å². The van der Waals surface area contributed by atoms with Crippen LogP contribution in [0.15, 0.2) is 59.5 Å². The highest BCUT2D eigenvalue weighted by Crippen LogP contribution is 2.20. The van der Waals surface area contributed by atoms with Crippen LogP contribution < -0.4 is 4.72 Å². The number of benzene rings is 2. The SMILES string of the molecule is O=C(O)/C=C/c1cc(NS(=O)(=O)c2ccccc2)cc(C(=O)O)c1. The molecule has 0 amide bonds. The zero-order valence-electron chi connectivity index (χ0n) is 12.2. The molecule has 0 fully saturated rings. The first-order valence-corrected chi connectivity index (χ1v) is 8.13. The lowest BCUT2D eigenvalue weighted by molar-refractivity contribution is -0.131. The smallest absolute Gasteiger partial charge is 0.335 e. The number of nitrogens with one attached hydrogen (secondary N) is 1. The Morgan fingerprint density at radius 3 is 2.25 bits per heavy atom. The van der Waals surface area contributed by atoms with Crippen LogP contribution >= 0.6 is 0 Å². The Hall–Kier alpha value is -3.13. The third-order valence-electron chi connectivity index (χ3n) is 2.93. The first kappa shape index (κ1) is 17.2. The number of carboxylic acids is 2. The topological polar surface area (TPSA) is 121 Å². The first-order valence-electron chi connectivity index (χ1n) is 6.65. The molecule has 124 valence electrons. The van der Waals surface area contributed by atoms with E-state index in [2.05, 4.69) is 4.72 Å². The Balaban J connectivity index is 2.42. The molecule has 0 aliphatic carbocycles. The predicted octanol–water partition coefficient (Wildman–Crippen LogP) is 2.28. The van der Waals surface area contributed by atoms with Crippen molar-refractivity contribution in [2.75, 3.05) is 4.72 Å². The maximum Gasteiger partial charge on any atom is 0.335 e. The lowest BCUT2D eigenvalue weighted by atomic mass is 10.1. The summed E-state index contributed by atoms with van der Waals surface area (Å²) in [5, 5.41) is 17.8. The average molecular weight is 347 g/mol. The summed E-state index contributed by atoms with van der Waals surface area (Å²) in [6.07, 6.45) is 2.01. The van der Waals surface area contributed by atoms with Gasteiger partial charge in [-0.1, -0.05) is 18.2 Å². The molecule has 0 radical (unpaired) electrons. The van der Waals surface area contributed by atoms with Crippen LogP contribution in [0.1, 0.15) is 15.9 Å². The molecule has 3 N–H and O–H groups in total. The molecule has 0 aromatic heterocycles. The summed E-state index contributed by atoms with van der Waals surface area (Å²) >= 11 is 0. The fourth-order valence-electron chi connectivity index (χ4n) is 1.91. The second-order valence-corrected chi connectivity index (χ2v) is 6.42. The summed E-state index contributed by atoms with van der Waals surface area (Å²) in [7, 11) is -3.89. The highest BCUT2D eigenvalue weighted by atomic mass is 32.2. The van der Waals surface area contributed by atoms with Gasteiger partial charge in [0, 0.05) is 6.08 Å². The van der Waals surface area contributed by atoms with E-state index in [1.807, 2.05) is 0 Å². The minimum atomic E-state index is -3.89. The van der Waals surface area contributed by atoms with Gasteiger partial charge in [-0.25, -0.2) is 18.0 Å². The average Bonchev–Trinajstić information content (AvgIpc) is 2.53. The Morgan fingerprint density at radius 1 is 1.00 bits per heavy atom.